The molecular weight excluding hydrogens is 196 g/mol. The molecule has 5 heteroatoms. The zero-order valence-corrected chi connectivity index (χ0v) is 8.93. The van der Waals surface area contributed by atoms with E-state index in [-0.39, 0.29) is 5.41 Å². The van der Waals surface area contributed by atoms with Crippen LogP contribution >= 0.6 is 11.9 Å². The predicted octanol–water partition coefficient (Wildman–Crippen LogP) is 1.61. The molecule has 2 aliphatic heterocycles. The molecule has 0 bridgehead atoms. The van der Waals surface area contributed by atoms with Crippen molar-refractivity contribution in [3.8, 4) is 0 Å². The van der Waals surface area contributed by atoms with Gasteiger partial charge in [-0.1, -0.05) is 19.9 Å². The van der Waals surface area contributed by atoms with E-state index in [9.17, 15) is 0 Å². The molecule has 0 atom stereocenters. The van der Waals surface area contributed by atoms with E-state index >= 15 is 0 Å². The molecule has 0 aromatic heterocycles. The minimum Gasteiger partial charge on any atom is -0.278 e. The smallest absolute Gasteiger partial charge is 0.0750 e. The van der Waals surface area contributed by atoms with E-state index in [1.807, 2.05) is 12.3 Å². The average molecular weight is 208 g/mol. The largest absolute Gasteiger partial charge is 0.278 e. The predicted molar refractivity (Wildman–Crippen MR) is 60.8 cm³/mol. The van der Waals surface area contributed by atoms with Crippen molar-refractivity contribution in [2.45, 2.75) is 13.8 Å². The Morgan fingerprint density at radius 3 is 2.93 bits per heavy atom. The fourth-order valence-electron chi connectivity index (χ4n) is 1.10. The lowest BCUT2D eigenvalue weighted by Gasteiger charge is -2.09. The molecule has 0 unspecified atom stereocenters. The first-order valence-electron chi connectivity index (χ1n) is 4.36. The molecule has 0 spiro atoms. The fraction of sp³-hybridized carbons (Fsp3) is 0.333. The van der Waals surface area contributed by atoms with E-state index in [4.69, 9.17) is 0 Å². The summed E-state index contributed by atoms with van der Waals surface area (Å²) in [6.45, 7) is 4.22. The molecule has 2 rings (SSSR count). The Hall–Kier alpha value is -1.23. The molecule has 0 amide bonds. The van der Waals surface area contributed by atoms with Gasteiger partial charge in [-0.05, 0) is 6.08 Å². The third kappa shape index (κ3) is 1.98. The van der Waals surface area contributed by atoms with Gasteiger partial charge in [0.1, 0.15) is 0 Å². The first-order valence-corrected chi connectivity index (χ1v) is 5.18. The lowest BCUT2D eigenvalue weighted by atomic mass is 9.95. The number of rotatable bonds is 0. The molecule has 2 aliphatic rings. The summed E-state index contributed by atoms with van der Waals surface area (Å²) in [7, 11) is 0. The maximum Gasteiger partial charge on any atom is 0.0750 e. The third-order valence-corrected chi connectivity index (χ3v) is 2.66. The van der Waals surface area contributed by atoms with Crippen LogP contribution in [-0.2, 0) is 0 Å². The van der Waals surface area contributed by atoms with Crippen LogP contribution in [0.2, 0.25) is 0 Å². The van der Waals surface area contributed by atoms with Crippen molar-refractivity contribution in [2.24, 2.45) is 15.6 Å². The molecule has 2 heterocycles. The summed E-state index contributed by atoms with van der Waals surface area (Å²) in [4.78, 5) is 3.87. The highest BCUT2D eigenvalue weighted by Gasteiger charge is 2.15. The summed E-state index contributed by atoms with van der Waals surface area (Å²) in [6, 6.07) is 0. The Morgan fingerprint density at radius 1 is 1.36 bits per heavy atom. The second kappa shape index (κ2) is 3.49. The van der Waals surface area contributed by atoms with Gasteiger partial charge in [-0.15, -0.1) is 0 Å². The van der Waals surface area contributed by atoms with Crippen molar-refractivity contribution < 1.29 is 0 Å². The summed E-state index contributed by atoms with van der Waals surface area (Å²) in [5, 5.41) is 8.06. The average Bonchev–Trinajstić information content (AvgIpc) is 2.58. The molecule has 0 aliphatic carbocycles. The Balaban J connectivity index is 2.29. The maximum atomic E-state index is 4.15. The van der Waals surface area contributed by atoms with Crippen molar-refractivity contribution in [1.29, 1.82) is 0 Å². The van der Waals surface area contributed by atoms with Crippen molar-refractivity contribution in [2.75, 3.05) is 0 Å². The molecule has 74 valence electrons. The Morgan fingerprint density at radius 2 is 2.21 bits per heavy atom. The van der Waals surface area contributed by atoms with Gasteiger partial charge < -0.3 is 0 Å². The lowest BCUT2D eigenvalue weighted by Crippen LogP contribution is -2.09. The molecule has 0 radical (unpaired) electrons. The van der Waals surface area contributed by atoms with Crippen LogP contribution in [0.15, 0.2) is 33.0 Å². The highest BCUT2D eigenvalue weighted by molar-refractivity contribution is 8.02. The molecule has 2 N–H and O–H groups in total. The van der Waals surface area contributed by atoms with Crippen LogP contribution in [0.25, 0.3) is 0 Å². The Kier molecular flexibility index (Phi) is 2.33. The Labute approximate surface area is 87.4 Å². The summed E-state index contributed by atoms with van der Waals surface area (Å²) in [6.07, 6.45) is 7.83. The van der Waals surface area contributed by atoms with E-state index in [0.29, 0.717) is 0 Å². The van der Waals surface area contributed by atoms with Gasteiger partial charge >= 0.3 is 0 Å². The molecule has 0 saturated heterocycles. The van der Waals surface area contributed by atoms with E-state index < -0.39 is 0 Å². The molecule has 0 fully saturated rings. The van der Waals surface area contributed by atoms with Gasteiger partial charge in [-0.3, -0.25) is 5.43 Å². The second-order valence-electron chi connectivity index (χ2n) is 3.75. The minimum absolute atomic E-state index is 0.00313. The molecule has 4 nitrogen and oxygen atoms in total. The first-order chi connectivity index (χ1) is 6.67. The first kappa shape index (κ1) is 9.33. The zero-order chi connectivity index (χ0) is 10.0. The SMILES string of the molecule is CC1(C)C=CC(=C2C=NNS2)NN=C1. The van der Waals surface area contributed by atoms with E-state index in [0.717, 1.165) is 10.6 Å². The molecule has 14 heavy (non-hydrogen) atoms. The number of hydrogen-bond donors (Lipinski definition) is 2. The Bertz CT molecular complexity index is 352. The van der Waals surface area contributed by atoms with Gasteiger partial charge in [0.15, 0.2) is 0 Å². The van der Waals surface area contributed by atoms with Crippen molar-refractivity contribution in [3.63, 3.8) is 0 Å². The van der Waals surface area contributed by atoms with Crippen LogP contribution in [0.4, 0.5) is 0 Å². The van der Waals surface area contributed by atoms with Crippen LogP contribution in [0.5, 0.6) is 0 Å². The summed E-state index contributed by atoms with van der Waals surface area (Å²) in [5.41, 5.74) is 3.97. The van der Waals surface area contributed by atoms with Crippen LogP contribution in [0.3, 0.4) is 0 Å². The summed E-state index contributed by atoms with van der Waals surface area (Å²) >= 11 is 1.48. The number of nitrogens with zero attached hydrogens (tertiary/aromatic N) is 2. The van der Waals surface area contributed by atoms with Gasteiger partial charge in [0.05, 0.1) is 16.8 Å². The van der Waals surface area contributed by atoms with Crippen LogP contribution in [0, 0.1) is 5.41 Å². The van der Waals surface area contributed by atoms with Gasteiger partial charge in [-0.2, -0.15) is 10.2 Å². The maximum absolute atomic E-state index is 4.15. The van der Waals surface area contributed by atoms with E-state index in [2.05, 4.69) is 40.4 Å². The van der Waals surface area contributed by atoms with Gasteiger partial charge in [0.25, 0.3) is 0 Å². The summed E-state index contributed by atoms with van der Waals surface area (Å²) < 4.78 is 0. The highest BCUT2D eigenvalue weighted by Crippen LogP contribution is 2.22. The molecule has 0 saturated carbocycles. The molecule has 0 aromatic rings. The van der Waals surface area contributed by atoms with Gasteiger partial charge in [0, 0.05) is 23.6 Å². The molecular formula is C9H12N4S. The third-order valence-electron chi connectivity index (χ3n) is 1.92. The standard InChI is InChI=1S/C9H12N4S/c1-9(2)4-3-7(12-11-6-9)8-5-10-13-14-8/h3-6,12-13H,1-2H3. The number of hydrazone groups is 2. The monoisotopic (exact) mass is 208 g/mol. The number of allylic oxidation sites excluding steroid dienone is 3. The lowest BCUT2D eigenvalue weighted by molar-refractivity contribution is 0.692. The minimum atomic E-state index is 0.00313. The normalized spacial score (nSPS) is 28.4. The topological polar surface area (TPSA) is 48.8 Å². The van der Waals surface area contributed by atoms with Crippen LogP contribution < -0.4 is 10.3 Å². The number of hydrogen-bond acceptors (Lipinski definition) is 5. The van der Waals surface area contributed by atoms with Crippen LogP contribution in [0.1, 0.15) is 13.8 Å². The van der Waals surface area contributed by atoms with E-state index in [1.54, 1.807) is 6.21 Å². The summed E-state index contributed by atoms with van der Waals surface area (Å²) in [5.74, 6) is 0. The second-order valence-corrected chi connectivity index (χ2v) is 4.58. The zero-order valence-electron chi connectivity index (χ0n) is 8.11. The molecule has 0 aromatic carbocycles. The fourth-order valence-corrected chi connectivity index (χ4v) is 1.63. The highest BCUT2D eigenvalue weighted by atomic mass is 32.2. The van der Waals surface area contributed by atoms with Crippen molar-refractivity contribution in [1.82, 2.24) is 10.3 Å². The number of nitrogens with one attached hydrogen (secondary N) is 2. The van der Waals surface area contributed by atoms with Crippen molar-refractivity contribution in [3.05, 3.63) is 22.8 Å². The van der Waals surface area contributed by atoms with Crippen LogP contribution in [-0.4, -0.2) is 12.4 Å². The van der Waals surface area contributed by atoms with Gasteiger partial charge in [-0.25, -0.2) is 4.83 Å². The van der Waals surface area contributed by atoms with Crippen molar-refractivity contribution >= 4 is 24.4 Å². The van der Waals surface area contributed by atoms with Gasteiger partial charge in [0.2, 0.25) is 0 Å². The van der Waals surface area contributed by atoms with E-state index in [1.165, 1.54) is 11.9 Å². The quantitative estimate of drug-likeness (QED) is 0.595.